The topological polar surface area (TPSA) is 38.5 Å². The Labute approximate surface area is 81.2 Å². The second-order valence-corrected chi connectivity index (χ2v) is 3.68. The van der Waals surface area contributed by atoms with Crippen molar-refractivity contribution in [3.63, 3.8) is 0 Å². The molecule has 1 unspecified atom stereocenters. The molecule has 0 saturated carbocycles. The Morgan fingerprint density at radius 3 is 3.00 bits per heavy atom. The summed E-state index contributed by atoms with van der Waals surface area (Å²) in [5.41, 5.74) is 5.67. The zero-order valence-corrected chi connectivity index (χ0v) is 8.67. The van der Waals surface area contributed by atoms with Crippen LogP contribution in [0, 0.1) is 0 Å². The van der Waals surface area contributed by atoms with Crippen LogP contribution in [0.3, 0.4) is 0 Å². The van der Waals surface area contributed by atoms with Crippen molar-refractivity contribution in [3.05, 3.63) is 0 Å². The van der Waals surface area contributed by atoms with Gasteiger partial charge in [-0.15, -0.1) is 0 Å². The van der Waals surface area contributed by atoms with E-state index in [2.05, 4.69) is 11.8 Å². The van der Waals surface area contributed by atoms with Crippen molar-refractivity contribution in [3.8, 4) is 0 Å². The van der Waals surface area contributed by atoms with Gasteiger partial charge < -0.3 is 10.5 Å². The number of nitrogens with zero attached hydrogens (tertiary/aromatic N) is 1. The van der Waals surface area contributed by atoms with Crippen LogP contribution in [0.15, 0.2) is 0 Å². The molecule has 3 nitrogen and oxygen atoms in total. The Balaban J connectivity index is 2.06. The summed E-state index contributed by atoms with van der Waals surface area (Å²) in [6, 6.07) is 0.616. The Kier molecular flexibility index (Phi) is 5.35. The molecule has 1 aliphatic heterocycles. The van der Waals surface area contributed by atoms with E-state index in [0.29, 0.717) is 6.04 Å². The first-order valence-electron chi connectivity index (χ1n) is 5.40. The minimum Gasteiger partial charge on any atom is -0.380 e. The fourth-order valence-corrected chi connectivity index (χ4v) is 1.88. The molecule has 0 aromatic heterocycles. The van der Waals surface area contributed by atoms with Crippen molar-refractivity contribution in [1.29, 1.82) is 0 Å². The average molecular weight is 186 g/mol. The maximum atomic E-state index is 5.67. The third-order valence-corrected chi connectivity index (χ3v) is 2.64. The fraction of sp³-hybridized carbons (Fsp3) is 1.00. The van der Waals surface area contributed by atoms with Crippen molar-refractivity contribution in [1.82, 2.24) is 4.90 Å². The zero-order chi connectivity index (χ0) is 9.52. The highest BCUT2D eigenvalue weighted by molar-refractivity contribution is 4.79. The molecule has 1 aliphatic rings. The second kappa shape index (κ2) is 6.35. The lowest BCUT2D eigenvalue weighted by Gasteiger charge is -2.22. The summed E-state index contributed by atoms with van der Waals surface area (Å²) < 4.78 is 5.46. The largest absolute Gasteiger partial charge is 0.380 e. The zero-order valence-electron chi connectivity index (χ0n) is 8.67. The summed E-state index contributed by atoms with van der Waals surface area (Å²) in [5, 5.41) is 0. The van der Waals surface area contributed by atoms with Crippen molar-refractivity contribution < 1.29 is 4.74 Å². The molecule has 1 atom stereocenters. The maximum Gasteiger partial charge on any atom is 0.0593 e. The summed E-state index contributed by atoms with van der Waals surface area (Å²) in [4.78, 5) is 2.45. The van der Waals surface area contributed by atoms with Crippen LogP contribution < -0.4 is 5.73 Å². The minimum atomic E-state index is 0.616. The van der Waals surface area contributed by atoms with E-state index in [1.165, 1.54) is 19.4 Å². The normalized spacial score (nSPS) is 24.0. The molecule has 1 saturated heterocycles. The molecule has 78 valence electrons. The molecule has 0 aromatic rings. The van der Waals surface area contributed by atoms with E-state index in [0.717, 1.165) is 32.7 Å². The van der Waals surface area contributed by atoms with Crippen LogP contribution in [0.4, 0.5) is 0 Å². The van der Waals surface area contributed by atoms with E-state index < -0.39 is 0 Å². The first-order valence-corrected chi connectivity index (χ1v) is 5.40. The van der Waals surface area contributed by atoms with Gasteiger partial charge in [0.05, 0.1) is 6.61 Å². The van der Waals surface area contributed by atoms with Gasteiger partial charge in [0.1, 0.15) is 0 Å². The Hall–Kier alpha value is -0.120. The molecule has 0 spiro atoms. The number of hydrogen-bond donors (Lipinski definition) is 1. The predicted octanol–water partition coefficient (Wildman–Crippen LogP) is 0.836. The molecule has 2 N–H and O–H groups in total. The summed E-state index contributed by atoms with van der Waals surface area (Å²) in [6.45, 7) is 6.96. The third kappa shape index (κ3) is 3.63. The van der Waals surface area contributed by atoms with Gasteiger partial charge in [-0.05, 0) is 25.8 Å². The van der Waals surface area contributed by atoms with Crippen LogP contribution in [-0.4, -0.2) is 43.8 Å². The van der Waals surface area contributed by atoms with Crippen molar-refractivity contribution >= 4 is 0 Å². The summed E-state index contributed by atoms with van der Waals surface area (Å²) in [6.07, 6.45) is 3.68. The molecule has 13 heavy (non-hydrogen) atoms. The summed E-state index contributed by atoms with van der Waals surface area (Å²) >= 11 is 0. The van der Waals surface area contributed by atoms with Crippen LogP contribution in [0.25, 0.3) is 0 Å². The van der Waals surface area contributed by atoms with Gasteiger partial charge in [-0.25, -0.2) is 0 Å². The third-order valence-electron chi connectivity index (χ3n) is 2.64. The highest BCUT2D eigenvalue weighted by Gasteiger charge is 2.21. The molecule has 0 aromatic carbocycles. The Bertz CT molecular complexity index is 130. The molecule has 1 rings (SSSR count). The molecule has 0 bridgehead atoms. The molecule has 3 heteroatoms. The highest BCUT2D eigenvalue weighted by Crippen LogP contribution is 2.14. The fourth-order valence-electron chi connectivity index (χ4n) is 1.88. The second-order valence-electron chi connectivity index (χ2n) is 3.68. The van der Waals surface area contributed by atoms with Gasteiger partial charge in [-0.2, -0.15) is 0 Å². The monoisotopic (exact) mass is 186 g/mol. The van der Waals surface area contributed by atoms with E-state index in [-0.39, 0.29) is 0 Å². The lowest BCUT2D eigenvalue weighted by Crippen LogP contribution is -2.37. The smallest absolute Gasteiger partial charge is 0.0593 e. The van der Waals surface area contributed by atoms with Gasteiger partial charge in [-0.1, -0.05) is 6.92 Å². The number of hydrogen-bond acceptors (Lipinski definition) is 3. The molecular weight excluding hydrogens is 164 g/mol. The molecule has 1 heterocycles. The lowest BCUT2D eigenvalue weighted by atomic mass is 10.2. The number of ether oxygens (including phenoxy) is 1. The number of nitrogens with two attached hydrogens (primary N) is 1. The van der Waals surface area contributed by atoms with E-state index in [1.807, 2.05) is 0 Å². The maximum absolute atomic E-state index is 5.67. The summed E-state index contributed by atoms with van der Waals surface area (Å²) in [7, 11) is 0. The van der Waals surface area contributed by atoms with Gasteiger partial charge in [0.2, 0.25) is 0 Å². The van der Waals surface area contributed by atoms with Gasteiger partial charge in [0.25, 0.3) is 0 Å². The average Bonchev–Trinajstić information content (AvgIpc) is 2.60. The van der Waals surface area contributed by atoms with Crippen LogP contribution in [0.5, 0.6) is 0 Å². The van der Waals surface area contributed by atoms with Gasteiger partial charge in [0, 0.05) is 25.7 Å². The van der Waals surface area contributed by atoms with Crippen molar-refractivity contribution in [2.45, 2.75) is 32.2 Å². The van der Waals surface area contributed by atoms with Crippen LogP contribution >= 0.6 is 0 Å². The molecular formula is C10H22N2O. The van der Waals surface area contributed by atoms with E-state index in [9.17, 15) is 0 Å². The van der Waals surface area contributed by atoms with Gasteiger partial charge >= 0.3 is 0 Å². The highest BCUT2D eigenvalue weighted by atomic mass is 16.5. The van der Waals surface area contributed by atoms with E-state index in [1.54, 1.807) is 0 Å². The quantitative estimate of drug-likeness (QED) is 0.625. The summed E-state index contributed by atoms with van der Waals surface area (Å²) in [5.74, 6) is 0. The first kappa shape index (κ1) is 11.0. The first-order chi connectivity index (χ1) is 6.38. The van der Waals surface area contributed by atoms with E-state index >= 15 is 0 Å². The van der Waals surface area contributed by atoms with Gasteiger partial charge in [-0.3, -0.25) is 4.90 Å². The standard InChI is InChI=1S/C10H22N2O/c1-2-7-13-8-6-12-5-3-4-10(12)9-11/h10H,2-9,11H2,1H3. The van der Waals surface area contributed by atoms with Crippen molar-refractivity contribution in [2.24, 2.45) is 5.73 Å². The van der Waals surface area contributed by atoms with Crippen molar-refractivity contribution in [2.75, 3.05) is 32.8 Å². The molecule has 0 aliphatic carbocycles. The molecule has 0 radical (unpaired) electrons. The van der Waals surface area contributed by atoms with Crippen LogP contribution in [0.2, 0.25) is 0 Å². The SMILES string of the molecule is CCCOCCN1CCCC1CN. The molecule has 0 amide bonds. The number of rotatable bonds is 6. The Morgan fingerprint density at radius 1 is 1.46 bits per heavy atom. The Morgan fingerprint density at radius 2 is 2.31 bits per heavy atom. The van der Waals surface area contributed by atoms with E-state index in [4.69, 9.17) is 10.5 Å². The molecule has 1 fully saturated rings. The van der Waals surface area contributed by atoms with Crippen LogP contribution in [0.1, 0.15) is 26.2 Å². The van der Waals surface area contributed by atoms with Crippen LogP contribution in [-0.2, 0) is 4.74 Å². The van der Waals surface area contributed by atoms with Gasteiger partial charge in [0.15, 0.2) is 0 Å². The lowest BCUT2D eigenvalue weighted by molar-refractivity contribution is 0.101. The predicted molar refractivity (Wildman–Crippen MR) is 54.8 cm³/mol. The number of likely N-dealkylation sites (tertiary alicyclic amines) is 1. The minimum absolute atomic E-state index is 0.616.